The SMILES string of the molecule is CC(NC(=O)NC1(CC(=O)O)CCC1)C1CCCC1. The van der Waals surface area contributed by atoms with Gasteiger partial charge in [0.1, 0.15) is 0 Å². The lowest BCUT2D eigenvalue weighted by Gasteiger charge is -2.41. The van der Waals surface area contributed by atoms with Gasteiger partial charge >= 0.3 is 12.0 Å². The van der Waals surface area contributed by atoms with Crippen LogP contribution in [0.25, 0.3) is 0 Å². The molecule has 2 saturated carbocycles. The molecule has 2 aliphatic carbocycles. The number of carbonyl (C=O) groups is 2. The van der Waals surface area contributed by atoms with Crippen LogP contribution in [-0.4, -0.2) is 28.7 Å². The first-order chi connectivity index (χ1) is 9.01. The number of carboxylic acid groups (broad SMARTS) is 1. The normalized spacial score (nSPS) is 23.4. The minimum absolute atomic E-state index is 0.0260. The molecule has 5 nitrogen and oxygen atoms in total. The van der Waals surface area contributed by atoms with Crippen LogP contribution in [0.3, 0.4) is 0 Å². The van der Waals surface area contributed by atoms with E-state index in [0.29, 0.717) is 5.92 Å². The molecule has 2 amide bonds. The maximum Gasteiger partial charge on any atom is 0.315 e. The van der Waals surface area contributed by atoms with E-state index in [1.54, 1.807) is 0 Å². The second kappa shape index (κ2) is 5.80. The van der Waals surface area contributed by atoms with Crippen molar-refractivity contribution in [1.29, 1.82) is 0 Å². The quantitative estimate of drug-likeness (QED) is 0.715. The summed E-state index contributed by atoms with van der Waals surface area (Å²) in [5.41, 5.74) is -0.509. The smallest absolute Gasteiger partial charge is 0.315 e. The van der Waals surface area contributed by atoms with Gasteiger partial charge in [-0.1, -0.05) is 12.8 Å². The summed E-state index contributed by atoms with van der Waals surface area (Å²) in [6, 6.07) is -0.0372. The van der Waals surface area contributed by atoms with Crippen LogP contribution in [0.1, 0.15) is 58.3 Å². The van der Waals surface area contributed by atoms with E-state index in [-0.39, 0.29) is 18.5 Å². The number of rotatable bonds is 5. The highest BCUT2D eigenvalue weighted by Gasteiger charge is 2.40. The summed E-state index contributed by atoms with van der Waals surface area (Å²) < 4.78 is 0. The zero-order valence-electron chi connectivity index (χ0n) is 11.6. The van der Waals surface area contributed by atoms with Crippen molar-refractivity contribution in [3.8, 4) is 0 Å². The summed E-state index contributed by atoms with van der Waals surface area (Å²) in [7, 11) is 0. The van der Waals surface area contributed by atoms with Crippen LogP contribution in [0.4, 0.5) is 4.79 Å². The Morgan fingerprint density at radius 1 is 1.26 bits per heavy atom. The summed E-state index contributed by atoms with van der Waals surface area (Å²) in [5, 5.41) is 14.8. The van der Waals surface area contributed by atoms with E-state index in [1.807, 2.05) is 6.92 Å². The van der Waals surface area contributed by atoms with E-state index in [0.717, 1.165) is 19.3 Å². The highest BCUT2D eigenvalue weighted by Crippen LogP contribution is 2.35. The van der Waals surface area contributed by atoms with Gasteiger partial charge in [0.25, 0.3) is 0 Å². The van der Waals surface area contributed by atoms with Crippen LogP contribution >= 0.6 is 0 Å². The van der Waals surface area contributed by atoms with Gasteiger partial charge in [0.15, 0.2) is 0 Å². The van der Waals surface area contributed by atoms with Gasteiger partial charge in [-0.05, 0) is 44.9 Å². The average Bonchev–Trinajstić information content (AvgIpc) is 2.78. The highest BCUT2D eigenvalue weighted by atomic mass is 16.4. The molecule has 0 aliphatic heterocycles. The lowest BCUT2D eigenvalue weighted by atomic mass is 9.74. The molecule has 0 aromatic carbocycles. The van der Waals surface area contributed by atoms with E-state index in [4.69, 9.17) is 5.11 Å². The molecule has 0 spiro atoms. The minimum Gasteiger partial charge on any atom is -0.481 e. The number of hydrogen-bond donors (Lipinski definition) is 3. The molecular weight excluding hydrogens is 244 g/mol. The molecule has 2 aliphatic rings. The standard InChI is InChI=1S/C14H24N2O3/c1-10(11-5-2-3-6-11)15-13(19)16-14(7-4-8-14)9-12(17)18/h10-11H,2-9H2,1H3,(H,17,18)(H2,15,16,19). The number of amides is 2. The number of hydrogen-bond acceptors (Lipinski definition) is 2. The first-order valence-electron chi connectivity index (χ1n) is 7.31. The van der Waals surface area contributed by atoms with Gasteiger partial charge in [0.2, 0.25) is 0 Å². The summed E-state index contributed by atoms with van der Waals surface area (Å²) in [6.07, 6.45) is 7.42. The van der Waals surface area contributed by atoms with Crippen LogP contribution in [0.15, 0.2) is 0 Å². The Morgan fingerprint density at radius 3 is 2.37 bits per heavy atom. The summed E-state index contributed by atoms with van der Waals surface area (Å²) in [4.78, 5) is 22.8. The van der Waals surface area contributed by atoms with Crippen LogP contribution in [0, 0.1) is 5.92 Å². The van der Waals surface area contributed by atoms with Crippen LogP contribution in [-0.2, 0) is 4.79 Å². The molecule has 3 N–H and O–H groups in total. The second-order valence-corrected chi connectivity index (χ2v) is 6.14. The van der Waals surface area contributed by atoms with Gasteiger partial charge in [0, 0.05) is 6.04 Å². The Morgan fingerprint density at radius 2 is 1.89 bits per heavy atom. The fraction of sp³-hybridized carbons (Fsp3) is 0.857. The molecule has 0 bridgehead atoms. The molecular formula is C14H24N2O3. The predicted molar refractivity (Wildman–Crippen MR) is 71.9 cm³/mol. The summed E-state index contributed by atoms with van der Waals surface area (Å²) in [6.45, 7) is 2.04. The van der Waals surface area contributed by atoms with E-state index in [1.165, 1.54) is 25.7 Å². The van der Waals surface area contributed by atoms with Gasteiger partial charge < -0.3 is 15.7 Å². The van der Waals surface area contributed by atoms with E-state index >= 15 is 0 Å². The zero-order valence-corrected chi connectivity index (χ0v) is 11.6. The van der Waals surface area contributed by atoms with E-state index in [9.17, 15) is 9.59 Å². The first kappa shape index (κ1) is 14.2. The molecule has 0 aromatic rings. The lowest BCUT2D eigenvalue weighted by molar-refractivity contribution is -0.139. The predicted octanol–water partition coefficient (Wildman–Crippen LogP) is 2.26. The Balaban J connectivity index is 1.80. The fourth-order valence-electron chi connectivity index (χ4n) is 3.30. The topological polar surface area (TPSA) is 78.4 Å². The molecule has 0 aromatic heterocycles. The maximum atomic E-state index is 12.0. The third-order valence-corrected chi connectivity index (χ3v) is 4.64. The van der Waals surface area contributed by atoms with Crippen molar-refractivity contribution in [3.63, 3.8) is 0 Å². The molecule has 2 fully saturated rings. The van der Waals surface area contributed by atoms with Crippen molar-refractivity contribution < 1.29 is 14.7 Å². The number of nitrogens with one attached hydrogen (secondary N) is 2. The third kappa shape index (κ3) is 3.61. The van der Waals surface area contributed by atoms with Gasteiger partial charge in [0.05, 0.1) is 12.0 Å². The zero-order chi connectivity index (χ0) is 13.9. The molecule has 2 rings (SSSR count). The van der Waals surface area contributed by atoms with Crippen LogP contribution < -0.4 is 10.6 Å². The molecule has 108 valence electrons. The van der Waals surface area contributed by atoms with Crippen LogP contribution in [0.5, 0.6) is 0 Å². The Hall–Kier alpha value is -1.26. The van der Waals surface area contributed by atoms with Crippen molar-refractivity contribution in [2.75, 3.05) is 0 Å². The van der Waals surface area contributed by atoms with Gasteiger partial charge in [-0.2, -0.15) is 0 Å². The van der Waals surface area contributed by atoms with Crippen molar-refractivity contribution in [1.82, 2.24) is 10.6 Å². The molecule has 5 heteroatoms. The van der Waals surface area contributed by atoms with Crippen molar-refractivity contribution in [3.05, 3.63) is 0 Å². The van der Waals surface area contributed by atoms with E-state index in [2.05, 4.69) is 10.6 Å². The maximum absolute atomic E-state index is 12.0. The Bertz CT molecular complexity index is 347. The summed E-state index contributed by atoms with van der Waals surface area (Å²) >= 11 is 0. The van der Waals surface area contributed by atoms with Gasteiger partial charge in [-0.15, -0.1) is 0 Å². The average molecular weight is 268 g/mol. The first-order valence-corrected chi connectivity index (χ1v) is 7.31. The third-order valence-electron chi connectivity index (χ3n) is 4.64. The van der Waals surface area contributed by atoms with Crippen molar-refractivity contribution >= 4 is 12.0 Å². The highest BCUT2D eigenvalue weighted by molar-refractivity contribution is 5.77. The molecule has 1 atom stereocenters. The fourth-order valence-corrected chi connectivity index (χ4v) is 3.30. The molecule has 0 saturated heterocycles. The number of aliphatic carboxylic acids is 1. The molecule has 0 radical (unpaired) electrons. The lowest BCUT2D eigenvalue weighted by Crippen LogP contribution is -2.58. The second-order valence-electron chi connectivity index (χ2n) is 6.14. The summed E-state index contributed by atoms with van der Waals surface area (Å²) in [5.74, 6) is -0.272. The molecule has 0 heterocycles. The van der Waals surface area contributed by atoms with E-state index < -0.39 is 11.5 Å². The number of carbonyl (C=O) groups excluding carboxylic acids is 1. The Kier molecular flexibility index (Phi) is 4.32. The van der Waals surface area contributed by atoms with Crippen LogP contribution in [0.2, 0.25) is 0 Å². The monoisotopic (exact) mass is 268 g/mol. The van der Waals surface area contributed by atoms with Gasteiger partial charge in [-0.25, -0.2) is 4.79 Å². The molecule has 19 heavy (non-hydrogen) atoms. The van der Waals surface area contributed by atoms with Crippen molar-refractivity contribution in [2.45, 2.75) is 69.9 Å². The minimum atomic E-state index is -0.844. The largest absolute Gasteiger partial charge is 0.481 e. The van der Waals surface area contributed by atoms with Gasteiger partial charge in [-0.3, -0.25) is 4.79 Å². The molecule has 1 unspecified atom stereocenters. The van der Waals surface area contributed by atoms with Crippen molar-refractivity contribution in [2.24, 2.45) is 5.92 Å². The Labute approximate surface area is 114 Å². The number of carboxylic acids is 1. The number of urea groups is 1.